The van der Waals surface area contributed by atoms with Crippen LogP contribution < -0.4 is 16.0 Å². The van der Waals surface area contributed by atoms with Gasteiger partial charge in [0, 0.05) is 36.8 Å². The van der Waals surface area contributed by atoms with Crippen LogP contribution in [-0.4, -0.2) is 144 Å². The summed E-state index contributed by atoms with van der Waals surface area (Å²) in [6, 6.07) is 0.381. The minimum absolute atomic E-state index is 0.0275. The molecule has 3 aliphatic heterocycles. The lowest BCUT2D eigenvalue weighted by Gasteiger charge is -2.16. The minimum Gasteiger partial charge on any atom is -0.378 e. The van der Waals surface area contributed by atoms with Crippen molar-refractivity contribution in [3.63, 3.8) is 0 Å². The third-order valence-electron chi connectivity index (χ3n) is 7.16. The predicted octanol–water partition coefficient (Wildman–Crippen LogP) is -0.0747. The lowest BCUT2D eigenvalue weighted by Crippen LogP contribution is -2.36. The number of amides is 5. The van der Waals surface area contributed by atoms with Crippen LogP contribution >= 0.6 is 11.8 Å². The third-order valence-corrected chi connectivity index (χ3v) is 8.67. The number of nitrogens with zero attached hydrogens (tertiary/aromatic N) is 1. The SMILES string of the molecule is O=C(CCCC[C@H]1SC[C@H]2NC(=O)N[C@H]21)NCCOCCOCCOCCOCCOCCOCCC(=O)ON1C(=O)CCC1=O. The summed E-state index contributed by atoms with van der Waals surface area (Å²) in [6.45, 7) is 5.01. The van der Waals surface area contributed by atoms with E-state index in [0.29, 0.717) is 89.3 Å². The molecule has 0 aromatic heterocycles. The van der Waals surface area contributed by atoms with E-state index in [1.807, 2.05) is 11.8 Å². The molecule has 0 unspecified atom stereocenters. The van der Waals surface area contributed by atoms with Crippen molar-refractivity contribution in [2.45, 2.75) is 62.3 Å². The molecule has 0 spiro atoms. The summed E-state index contributed by atoms with van der Waals surface area (Å²) in [5, 5.41) is 9.75. The number of thioether (sulfide) groups is 1. The molecule has 0 radical (unpaired) electrons. The molecule has 3 N–H and O–H groups in total. The van der Waals surface area contributed by atoms with Crippen LogP contribution in [0.15, 0.2) is 0 Å². The predicted molar refractivity (Wildman–Crippen MR) is 164 cm³/mol. The molecule has 3 aliphatic rings. The van der Waals surface area contributed by atoms with Crippen molar-refractivity contribution in [1.82, 2.24) is 21.0 Å². The van der Waals surface area contributed by atoms with Gasteiger partial charge in [0.25, 0.3) is 11.8 Å². The number of fused-ring (bicyclic) bond motifs is 1. The Bertz CT molecular complexity index is 945. The topological polar surface area (TPSA) is 189 Å². The molecular weight excluding hydrogens is 628 g/mol. The number of unbranched alkanes of at least 4 members (excludes halogenated alkanes) is 1. The van der Waals surface area contributed by atoms with Crippen molar-refractivity contribution < 1.29 is 57.2 Å². The maximum Gasteiger partial charge on any atom is 0.335 e. The van der Waals surface area contributed by atoms with E-state index < -0.39 is 17.8 Å². The number of rotatable bonds is 27. The molecule has 262 valence electrons. The van der Waals surface area contributed by atoms with Crippen molar-refractivity contribution in [3.05, 3.63) is 0 Å². The van der Waals surface area contributed by atoms with Gasteiger partial charge in [-0.15, -0.1) is 5.06 Å². The Kier molecular flexibility index (Phi) is 18.9. The minimum atomic E-state index is -0.702. The summed E-state index contributed by atoms with van der Waals surface area (Å²) < 4.78 is 32.5. The van der Waals surface area contributed by atoms with Gasteiger partial charge in [-0.05, 0) is 12.8 Å². The Labute approximate surface area is 273 Å². The van der Waals surface area contributed by atoms with Crippen molar-refractivity contribution in [2.75, 3.05) is 91.6 Å². The highest BCUT2D eigenvalue weighted by atomic mass is 32.2. The fraction of sp³-hybridized carbons (Fsp3) is 0.828. The molecule has 5 amide bonds. The molecule has 3 saturated heterocycles. The van der Waals surface area contributed by atoms with Gasteiger partial charge in [0.15, 0.2) is 0 Å². The van der Waals surface area contributed by atoms with Crippen molar-refractivity contribution in [1.29, 1.82) is 0 Å². The standard InChI is InChI=1S/C29H48N4O12S/c34-24(4-2-1-3-23-28-22(21-46-23)31-29(38)32-28)30-8-10-40-12-14-42-16-18-44-20-19-43-17-15-41-13-11-39-9-7-27(37)45-33-25(35)5-6-26(33)36/h22-23,28H,1-21H2,(H,30,34)(H2,31,32,38)/t22-,23-,28-/m1/s1. The molecule has 0 aromatic rings. The number of hydrogen-bond donors (Lipinski definition) is 3. The number of urea groups is 1. The molecule has 0 aromatic carbocycles. The van der Waals surface area contributed by atoms with Crippen LogP contribution in [0, 0.1) is 0 Å². The monoisotopic (exact) mass is 676 g/mol. The zero-order chi connectivity index (χ0) is 32.8. The molecule has 16 nitrogen and oxygen atoms in total. The molecule has 3 fully saturated rings. The van der Waals surface area contributed by atoms with Gasteiger partial charge in [-0.25, -0.2) is 9.59 Å². The van der Waals surface area contributed by atoms with Crippen molar-refractivity contribution in [3.8, 4) is 0 Å². The molecular formula is C29H48N4O12S. The molecule has 17 heteroatoms. The highest BCUT2D eigenvalue weighted by molar-refractivity contribution is 8.00. The molecule has 46 heavy (non-hydrogen) atoms. The smallest absolute Gasteiger partial charge is 0.335 e. The second kappa shape index (κ2) is 22.9. The summed E-state index contributed by atoms with van der Waals surface area (Å²) in [5.74, 6) is -0.750. The Morgan fingerprint density at radius 2 is 1.26 bits per heavy atom. The Morgan fingerprint density at radius 3 is 1.85 bits per heavy atom. The Hall–Kier alpha value is -2.54. The number of carbonyl (C=O) groups is 5. The van der Waals surface area contributed by atoms with E-state index in [9.17, 15) is 24.0 Å². The number of nitrogens with one attached hydrogen (secondary N) is 3. The van der Waals surface area contributed by atoms with E-state index in [4.69, 9.17) is 33.3 Å². The molecule has 0 aliphatic carbocycles. The highest BCUT2D eigenvalue weighted by Gasteiger charge is 2.42. The van der Waals surface area contributed by atoms with Crippen LogP contribution in [0.4, 0.5) is 4.79 Å². The average molecular weight is 677 g/mol. The molecule has 0 saturated carbocycles. The van der Waals surface area contributed by atoms with Gasteiger partial charge >= 0.3 is 12.0 Å². The van der Waals surface area contributed by atoms with E-state index in [1.54, 1.807) is 0 Å². The summed E-state index contributed by atoms with van der Waals surface area (Å²) in [7, 11) is 0. The average Bonchev–Trinajstić information content (AvgIpc) is 3.69. The largest absolute Gasteiger partial charge is 0.378 e. The van der Waals surface area contributed by atoms with E-state index in [2.05, 4.69) is 16.0 Å². The maximum atomic E-state index is 12.0. The van der Waals surface area contributed by atoms with Gasteiger partial charge in [0.2, 0.25) is 5.91 Å². The number of ether oxygens (including phenoxy) is 6. The summed E-state index contributed by atoms with van der Waals surface area (Å²) >= 11 is 1.89. The van der Waals surface area contributed by atoms with Crippen molar-refractivity contribution in [2.24, 2.45) is 0 Å². The van der Waals surface area contributed by atoms with Crippen LogP contribution in [0.1, 0.15) is 44.9 Å². The van der Waals surface area contributed by atoms with Gasteiger partial charge in [-0.1, -0.05) is 6.42 Å². The Morgan fingerprint density at radius 1 is 0.717 bits per heavy atom. The lowest BCUT2D eigenvalue weighted by atomic mass is 10.0. The molecule has 3 heterocycles. The zero-order valence-corrected chi connectivity index (χ0v) is 27.2. The first-order chi connectivity index (χ1) is 22.4. The van der Waals surface area contributed by atoms with Gasteiger partial charge in [0.05, 0.1) is 97.8 Å². The summed E-state index contributed by atoms with van der Waals surface area (Å²) in [6.07, 6.45) is 3.32. The maximum absolute atomic E-state index is 12.0. The zero-order valence-electron chi connectivity index (χ0n) is 26.3. The van der Waals surface area contributed by atoms with Gasteiger partial charge < -0.3 is 49.2 Å². The van der Waals surface area contributed by atoms with Crippen LogP contribution in [-0.2, 0) is 52.4 Å². The summed E-state index contributed by atoms with van der Waals surface area (Å²) in [5.41, 5.74) is 0. The Balaban J connectivity index is 0.955. The van der Waals surface area contributed by atoms with Crippen molar-refractivity contribution >= 4 is 41.5 Å². The molecule has 3 atom stereocenters. The van der Waals surface area contributed by atoms with Gasteiger partial charge in [0.1, 0.15) is 0 Å². The third kappa shape index (κ3) is 15.4. The first-order valence-corrected chi connectivity index (χ1v) is 17.0. The number of carbonyl (C=O) groups excluding carboxylic acids is 5. The second-order valence-corrected chi connectivity index (χ2v) is 12.0. The number of imide groups is 1. The first kappa shape index (κ1) is 37.9. The van der Waals surface area contributed by atoms with E-state index in [1.165, 1.54) is 0 Å². The second-order valence-electron chi connectivity index (χ2n) is 10.7. The highest BCUT2D eigenvalue weighted by Crippen LogP contribution is 2.33. The van der Waals surface area contributed by atoms with Crippen LogP contribution in [0.3, 0.4) is 0 Å². The number of hydrogen-bond acceptors (Lipinski definition) is 13. The lowest BCUT2D eigenvalue weighted by molar-refractivity contribution is -0.198. The quantitative estimate of drug-likeness (QED) is 0.0596. The van der Waals surface area contributed by atoms with Crippen LogP contribution in [0.25, 0.3) is 0 Å². The molecule has 3 rings (SSSR count). The van der Waals surface area contributed by atoms with E-state index in [-0.39, 0.29) is 56.5 Å². The molecule has 0 bridgehead atoms. The van der Waals surface area contributed by atoms with E-state index >= 15 is 0 Å². The van der Waals surface area contributed by atoms with Gasteiger partial charge in [-0.3, -0.25) is 14.4 Å². The van der Waals surface area contributed by atoms with Crippen LogP contribution in [0.2, 0.25) is 0 Å². The van der Waals surface area contributed by atoms with E-state index in [0.717, 1.165) is 25.0 Å². The first-order valence-electron chi connectivity index (χ1n) is 15.9. The fourth-order valence-electron chi connectivity index (χ4n) is 4.79. The number of hydroxylamine groups is 2. The fourth-order valence-corrected chi connectivity index (χ4v) is 6.33. The van der Waals surface area contributed by atoms with Gasteiger partial charge in [-0.2, -0.15) is 11.8 Å². The van der Waals surface area contributed by atoms with Crippen LogP contribution in [0.5, 0.6) is 0 Å². The summed E-state index contributed by atoms with van der Waals surface area (Å²) in [4.78, 5) is 62.6. The normalized spacial score (nSPS) is 20.6.